The maximum absolute atomic E-state index is 11.4. The number of carbonyl (C=O) groups excluding carboxylic acids is 2. The van der Waals surface area contributed by atoms with E-state index in [9.17, 15) is 19.8 Å². The van der Waals surface area contributed by atoms with Crippen LogP contribution in [0.4, 0.5) is 0 Å². The average molecular weight is 368 g/mol. The molecule has 0 aliphatic heterocycles. The highest BCUT2D eigenvalue weighted by atomic mass is 16.3. The van der Waals surface area contributed by atoms with E-state index in [0.29, 0.717) is 30.1 Å². The predicted octanol–water partition coefficient (Wildman–Crippen LogP) is 4.91. The Bertz CT molecular complexity index is 807. The fraction of sp³-hybridized carbons (Fsp3) is 0.391. The first-order valence-electron chi connectivity index (χ1n) is 9.01. The van der Waals surface area contributed by atoms with Crippen molar-refractivity contribution in [2.45, 2.75) is 58.8 Å². The number of aldehydes is 2. The van der Waals surface area contributed by atoms with Gasteiger partial charge in [-0.15, -0.1) is 0 Å². The number of aromatic hydroxyl groups is 2. The van der Waals surface area contributed by atoms with E-state index < -0.39 is 0 Å². The summed E-state index contributed by atoms with van der Waals surface area (Å²) in [6, 6.07) is 7.13. The molecule has 0 heterocycles. The third-order valence-corrected chi connectivity index (χ3v) is 4.68. The highest BCUT2D eigenvalue weighted by Gasteiger charge is 2.23. The molecular formula is C23H28O4. The zero-order valence-electron chi connectivity index (χ0n) is 16.9. The van der Waals surface area contributed by atoms with Gasteiger partial charge in [-0.25, -0.2) is 0 Å². The predicted molar refractivity (Wildman–Crippen MR) is 107 cm³/mol. The molecule has 2 aromatic rings. The average Bonchev–Trinajstić information content (AvgIpc) is 2.55. The number of hydrogen-bond acceptors (Lipinski definition) is 4. The molecule has 0 aliphatic carbocycles. The van der Waals surface area contributed by atoms with Gasteiger partial charge in [0.1, 0.15) is 11.5 Å². The number of rotatable bonds is 4. The van der Waals surface area contributed by atoms with Crippen molar-refractivity contribution < 1.29 is 19.8 Å². The molecule has 27 heavy (non-hydrogen) atoms. The standard InChI is InChI=1S/C23H28O4/c1-22(2,3)18-10-14(8-16(12-24)20(18)26)7-15-9-17(13-25)21(27)19(11-15)23(4,5)6/h8-13,26-27H,7H2,1-6H3. The van der Waals surface area contributed by atoms with E-state index in [1.807, 2.05) is 53.7 Å². The summed E-state index contributed by atoms with van der Waals surface area (Å²) in [5, 5.41) is 20.7. The Hall–Kier alpha value is -2.62. The molecule has 0 amide bonds. The molecule has 0 atom stereocenters. The van der Waals surface area contributed by atoms with Crippen LogP contribution >= 0.6 is 0 Å². The van der Waals surface area contributed by atoms with Gasteiger partial charge in [0.2, 0.25) is 0 Å². The van der Waals surface area contributed by atoms with Crippen molar-refractivity contribution in [2.24, 2.45) is 0 Å². The first kappa shape index (κ1) is 20.7. The van der Waals surface area contributed by atoms with E-state index in [-0.39, 0.29) is 33.5 Å². The zero-order valence-corrected chi connectivity index (χ0v) is 16.9. The van der Waals surface area contributed by atoms with Gasteiger partial charge >= 0.3 is 0 Å². The Morgan fingerprint density at radius 2 is 1.04 bits per heavy atom. The molecule has 0 spiro atoms. The number of phenols is 2. The molecule has 0 radical (unpaired) electrons. The number of hydrogen-bond donors (Lipinski definition) is 2. The highest BCUT2D eigenvalue weighted by molar-refractivity contribution is 5.82. The lowest BCUT2D eigenvalue weighted by Crippen LogP contribution is -2.14. The second kappa shape index (κ2) is 7.18. The summed E-state index contributed by atoms with van der Waals surface area (Å²) in [4.78, 5) is 22.8. The van der Waals surface area contributed by atoms with Gasteiger partial charge in [-0.1, -0.05) is 53.7 Å². The molecule has 0 saturated heterocycles. The summed E-state index contributed by atoms with van der Waals surface area (Å²) in [7, 11) is 0. The molecule has 2 N–H and O–H groups in total. The molecule has 2 rings (SSSR count). The van der Waals surface area contributed by atoms with Crippen LogP contribution in [0, 0.1) is 0 Å². The second-order valence-electron chi connectivity index (χ2n) is 9.07. The van der Waals surface area contributed by atoms with Crippen LogP contribution in [0.5, 0.6) is 11.5 Å². The van der Waals surface area contributed by atoms with E-state index in [4.69, 9.17) is 0 Å². The summed E-state index contributed by atoms with van der Waals surface area (Å²) in [5.74, 6) is 0.0202. The monoisotopic (exact) mass is 368 g/mol. The smallest absolute Gasteiger partial charge is 0.153 e. The van der Waals surface area contributed by atoms with Gasteiger partial charge in [-0.05, 0) is 40.5 Å². The topological polar surface area (TPSA) is 74.6 Å². The minimum atomic E-state index is -0.322. The SMILES string of the molecule is CC(C)(C)c1cc(Cc2cc(C=O)c(O)c(C(C)(C)C)c2)cc(C=O)c1O. The molecular weight excluding hydrogens is 340 g/mol. The van der Waals surface area contributed by atoms with E-state index in [1.165, 1.54) is 0 Å². The van der Waals surface area contributed by atoms with E-state index in [0.717, 1.165) is 11.1 Å². The number of carbonyl (C=O) groups is 2. The Balaban J connectivity index is 2.60. The van der Waals surface area contributed by atoms with Gasteiger partial charge in [0.15, 0.2) is 12.6 Å². The number of phenolic OH excluding ortho intramolecular Hbond substituents is 2. The van der Waals surface area contributed by atoms with Gasteiger partial charge in [-0.2, -0.15) is 0 Å². The summed E-state index contributed by atoms with van der Waals surface area (Å²) in [6.07, 6.45) is 1.79. The lowest BCUT2D eigenvalue weighted by molar-refractivity contribution is 0.111. The maximum Gasteiger partial charge on any atom is 0.153 e. The van der Waals surface area contributed by atoms with Crippen LogP contribution in [-0.4, -0.2) is 22.8 Å². The minimum absolute atomic E-state index is 0.0101. The maximum atomic E-state index is 11.4. The van der Waals surface area contributed by atoms with Gasteiger partial charge < -0.3 is 10.2 Å². The molecule has 0 unspecified atom stereocenters. The van der Waals surface area contributed by atoms with Crippen molar-refractivity contribution >= 4 is 12.6 Å². The Kier molecular flexibility index (Phi) is 5.50. The van der Waals surface area contributed by atoms with Crippen LogP contribution in [0.3, 0.4) is 0 Å². The summed E-state index contributed by atoms with van der Waals surface area (Å²) >= 11 is 0. The van der Waals surface area contributed by atoms with Crippen LogP contribution in [0.1, 0.15) is 84.5 Å². The molecule has 4 nitrogen and oxygen atoms in total. The quantitative estimate of drug-likeness (QED) is 0.752. The fourth-order valence-electron chi connectivity index (χ4n) is 3.20. The third-order valence-electron chi connectivity index (χ3n) is 4.68. The second-order valence-corrected chi connectivity index (χ2v) is 9.07. The largest absolute Gasteiger partial charge is 0.507 e. The van der Waals surface area contributed by atoms with Crippen molar-refractivity contribution in [2.75, 3.05) is 0 Å². The summed E-state index contributed by atoms with van der Waals surface area (Å²) < 4.78 is 0. The van der Waals surface area contributed by atoms with Gasteiger partial charge in [-0.3, -0.25) is 9.59 Å². The van der Waals surface area contributed by atoms with Crippen molar-refractivity contribution in [3.63, 3.8) is 0 Å². The first-order valence-corrected chi connectivity index (χ1v) is 9.01. The molecule has 144 valence electrons. The van der Waals surface area contributed by atoms with Crippen molar-refractivity contribution in [3.05, 3.63) is 57.6 Å². The van der Waals surface area contributed by atoms with Crippen LogP contribution in [0.25, 0.3) is 0 Å². The Labute approximate surface area is 160 Å². The Morgan fingerprint density at radius 3 is 1.30 bits per heavy atom. The van der Waals surface area contributed by atoms with Gasteiger partial charge in [0.05, 0.1) is 11.1 Å². The van der Waals surface area contributed by atoms with E-state index in [2.05, 4.69) is 0 Å². The fourth-order valence-corrected chi connectivity index (χ4v) is 3.20. The summed E-state index contributed by atoms with van der Waals surface area (Å²) in [5.41, 5.74) is 2.99. The lowest BCUT2D eigenvalue weighted by atomic mass is 9.82. The van der Waals surface area contributed by atoms with Crippen molar-refractivity contribution in [1.82, 2.24) is 0 Å². The van der Waals surface area contributed by atoms with Gasteiger partial charge in [0.25, 0.3) is 0 Å². The highest BCUT2D eigenvalue weighted by Crippen LogP contribution is 2.36. The summed E-state index contributed by atoms with van der Waals surface area (Å²) in [6.45, 7) is 11.9. The molecule has 0 saturated carbocycles. The Morgan fingerprint density at radius 1 is 0.704 bits per heavy atom. The lowest BCUT2D eigenvalue weighted by Gasteiger charge is -2.24. The molecule has 0 bridgehead atoms. The molecule has 0 aromatic heterocycles. The minimum Gasteiger partial charge on any atom is -0.507 e. The molecule has 2 aromatic carbocycles. The van der Waals surface area contributed by atoms with Crippen LogP contribution in [0.15, 0.2) is 24.3 Å². The van der Waals surface area contributed by atoms with Crippen LogP contribution in [0.2, 0.25) is 0 Å². The van der Waals surface area contributed by atoms with Crippen molar-refractivity contribution in [1.29, 1.82) is 0 Å². The van der Waals surface area contributed by atoms with Crippen LogP contribution < -0.4 is 0 Å². The van der Waals surface area contributed by atoms with E-state index >= 15 is 0 Å². The van der Waals surface area contributed by atoms with E-state index in [1.54, 1.807) is 12.1 Å². The normalized spacial score (nSPS) is 12.1. The van der Waals surface area contributed by atoms with Gasteiger partial charge in [0, 0.05) is 11.1 Å². The number of benzene rings is 2. The zero-order chi connectivity index (χ0) is 20.6. The third kappa shape index (κ3) is 4.38. The first-order chi connectivity index (χ1) is 12.4. The van der Waals surface area contributed by atoms with Crippen molar-refractivity contribution in [3.8, 4) is 11.5 Å². The molecule has 4 heteroatoms. The molecule has 0 aliphatic rings. The molecule has 0 fully saturated rings. The van der Waals surface area contributed by atoms with Crippen LogP contribution in [-0.2, 0) is 17.3 Å².